The van der Waals surface area contributed by atoms with Gasteiger partial charge in [-0.25, -0.2) is 9.59 Å². The molecule has 0 radical (unpaired) electrons. The first-order valence-electron chi connectivity index (χ1n) is 5.73. The molecule has 0 atom stereocenters. The maximum atomic E-state index is 10.7. The van der Waals surface area contributed by atoms with Crippen LogP contribution in [0.1, 0.15) is 19.4 Å². The SMILES string of the molecule is C=C(C)C(=O)O.CO/C(=C(\C)C(=O)O)c1ccccc1. The highest BCUT2D eigenvalue weighted by Crippen LogP contribution is 2.18. The van der Waals surface area contributed by atoms with Crippen molar-refractivity contribution < 1.29 is 24.5 Å². The summed E-state index contributed by atoms with van der Waals surface area (Å²) in [5.74, 6) is -1.50. The average molecular weight is 278 g/mol. The smallest absolute Gasteiger partial charge is 0.335 e. The Morgan fingerprint density at radius 1 is 1.05 bits per heavy atom. The highest BCUT2D eigenvalue weighted by molar-refractivity contribution is 5.94. The number of carboxylic acid groups (broad SMARTS) is 2. The Morgan fingerprint density at radius 2 is 1.50 bits per heavy atom. The normalized spacial score (nSPS) is 10.6. The summed E-state index contributed by atoms with van der Waals surface area (Å²) in [6.45, 7) is 6.12. The average Bonchev–Trinajstić information content (AvgIpc) is 2.41. The van der Waals surface area contributed by atoms with Gasteiger partial charge in [0, 0.05) is 11.1 Å². The van der Waals surface area contributed by atoms with Gasteiger partial charge in [-0.15, -0.1) is 0 Å². The topological polar surface area (TPSA) is 83.8 Å². The van der Waals surface area contributed by atoms with Crippen LogP contribution in [-0.4, -0.2) is 29.3 Å². The van der Waals surface area contributed by atoms with E-state index in [0.717, 1.165) is 5.56 Å². The standard InChI is InChI=1S/C11H12O3.C4H6O2/c1-8(11(12)13)10(14-2)9-6-4-3-5-7-9;1-3(2)4(5)6/h3-7H,1-2H3,(H,12,13);1H2,2H3,(H,5,6)/b10-8+;. The third-order valence-electron chi connectivity index (χ3n) is 2.27. The van der Waals surface area contributed by atoms with Gasteiger partial charge >= 0.3 is 11.9 Å². The lowest BCUT2D eigenvalue weighted by atomic mass is 10.1. The van der Waals surface area contributed by atoms with Crippen LogP contribution in [0, 0.1) is 0 Å². The summed E-state index contributed by atoms with van der Waals surface area (Å²) in [5, 5.41) is 16.7. The Morgan fingerprint density at radius 3 is 1.80 bits per heavy atom. The summed E-state index contributed by atoms with van der Waals surface area (Å²) in [7, 11) is 1.47. The van der Waals surface area contributed by atoms with E-state index in [1.165, 1.54) is 21.0 Å². The lowest BCUT2D eigenvalue weighted by Gasteiger charge is -2.08. The summed E-state index contributed by atoms with van der Waals surface area (Å²) in [4.78, 5) is 20.3. The highest BCUT2D eigenvalue weighted by atomic mass is 16.5. The zero-order valence-corrected chi connectivity index (χ0v) is 11.7. The quantitative estimate of drug-likeness (QED) is 0.653. The summed E-state index contributed by atoms with van der Waals surface area (Å²) >= 11 is 0. The van der Waals surface area contributed by atoms with Crippen molar-refractivity contribution in [2.45, 2.75) is 13.8 Å². The molecule has 0 unspecified atom stereocenters. The molecule has 2 N–H and O–H groups in total. The number of methoxy groups -OCH3 is 1. The minimum Gasteiger partial charge on any atom is -0.496 e. The molecule has 0 fully saturated rings. The lowest BCUT2D eigenvalue weighted by Crippen LogP contribution is -2.02. The van der Waals surface area contributed by atoms with Crippen molar-refractivity contribution in [1.82, 2.24) is 0 Å². The van der Waals surface area contributed by atoms with Gasteiger partial charge in [-0.05, 0) is 13.8 Å². The molecule has 0 aromatic heterocycles. The summed E-state index contributed by atoms with van der Waals surface area (Å²) in [6, 6.07) is 9.16. The number of hydrogen-bond acceptors (Lipinski definition) is 3. The molecule has 5 heteroatoms. The zero-order valence-electron chi connectivity index (χ0n) is 11.7. The van der Waals surface area contributed by atoms with E-state index in [0.29, 0.717) is 5.76 Å². The zero-order chi connectivity index (χ0) is 15.7. The fourth-order valence-electron chi connectivity index (χ4n) is 1.17. The second-order valence-electron chi connectivity index (χ2n) is 3.91. The van der Waals surface area contributed by atoms with Crippen LogP contribution in [0.5, 0.6) is 0 Å². The van der Waals surface area contributed by atoms with E-state index >= 15 is 0 Å². The first kappa shape index (κ1) is 17.4. The van der Waals surface area contributed by atoms with Crippen LogP contribution in [-0.2, 0) is 14.3 Å². The molecule has 1 aromatic carbocycles. The minimum absolute atomic E-state index is 0.176. The van der Waals surface area contributed by atoms with Crippen LogP contribution in [0.25, 0.3) is 5.76 Å². The third-order valence-corrected chi connectivity index (χ3v) is 2.27. The molecule has 0 bridgehead atoms. The monoisotopic (exact) mass is 278 g/mol. The molecule has 5 nitrogen and oxygen atoms in total. The van der Waals surface area contributed by atoms with Crippen LogP contribution >= 0.6 is 0 Å². The fourth-order valence-corrected chi connectivity index (χ4v) is 1.17. The van der Waals surface area contributed by atoms with E-state index in [4.69, 9.17) is 14.9 Å². The minimum atomic E-state index is -0.967. The molecule has 20 heavy (non-hydrogen) atoms. The molecule has 0 heterocycles. The molecule has 1 rings (SSSR count). The number of carbonyl (C=O) groups is 2. The first-order chi connectivity index (χ1) is 9.31. The predicted molar refractivity (Wildman–Crippen MR) is 76.1 cm³/mol. The second-order valence-corrected chi connectivity index (χ2v) is 3.91. The van der Waals surface area contributed by atoms with Gasteiger partial charge in [-0.3, -0.25) is 0 Å². The molecule has 0 saturated heterocycles. The van der Waals surface area contributed by atoms with Crippen LogP contribution in [0.2, 0.25) is 0 Å². The Labute approximate surface area is 117 Å². The first-order valence-corrected chi connectivity index (χ1v) is 5.73. The van der Waals surface area contributed by atoms with Crippen LogP contribution < -0.4 is 0 Å². The van der Waals surface area contributed by atoms with Gasteiger partial charge < -0.3 is 14.9 Å². The number of carboxylic acids is 2. The molecule has 0 saturated carbocycles. The van der Waals surface area contributed by atoms with Gasteiger partial charge in [0.15, 0.2) is 0 Å². The van der Waals surface area contributed by atoms with E-state index in [9.17, 15) is 9.59 Å². The van der Waals surface area contributed by atoms with E-state index in [1.54, 1.807) is 0 Å². The van der Waals surface area contributed by atoms with Gasteiger partial charge in [-0.2, -0.15) is 0 Å². The second kappa shape index (κ2) is 8.53. The molecular weight excluding hydrogens is 260 g/mol. The van der Waals surface area contributed by atoms with E-state index in [1.807, 2.05) is 30.3 Å². The van der Waals surface area contributed by atoms with Crippen LogP contribution in [0.4, 0.5) is 0 Å². The maximum Gasteiger partial charge on any atom is 0.335 e. The molecule has 0 spiro atoms. The van der Waals surface area contributed by atoms with Crippen molar-refractivity contribution in [1.29, 1.82) is 0 Å². The molecular formula is C15H18O5. The molecule has 0 aliphatic rings. The number of hydrogen-bond donors (Lipinski definition) is 2. The van der Waals surface area contributed by atoms with Crippen molar-refractivity contribution in [3.8, 4) is 0 Å². The predicted octanol–water partition coefficient (Wildman–Crippen LogP) is 2.80. The lowest BCUT2D eigenvalue weighted by molar-refractivity contribution is -0.133. The molecule has 108 valence electrons. The van der Waals surface area contributed by atoms with Crippen molar-refractivity contribution in [2.75, 3.05) is 7.11 Å². The van der Waals surface area contributed by atoms with Crippen LogP contribution in [0.3, 0.4) is 0 Å². The molecule has 0 aliphatic carbocycles. The third kappa shape index (κ3) is 5.86. The summed E-state index contributed by atoms with van der Waals surface area (Å²) in [6.07, 6.45) is 0. The summed E-state index contributed by atoms with van der Waals surface area (Å²) < 4.78 is 5.06. The Bertz CT molecular complexity index is 502. The number of ether oxygens (including phenoxy) is 1. The van der Waals surface area contributed by atoms with E-state index in [2.05, 4.69) is 6.58 Å². The molecule has 0 aliphatic heterocycles. The van der Waals surface area contributed by atoms with Gasteiger partial charge in [0.25, 0.3) is 0 Å². The Hall–Kier alpha value is -2.56. The molecule has 0 amide bonds. The Kier molecular flexibility index (Phi) is 7.43. The van der Waals surface area contributed by atoms with E-state index in [-0.39, 0.29) is 11.1 Å². The van der Waals surface area contributed by atoms with Gasteiger partial charge in [0.1, 0.15) is 5.76 Å². The maximum absolute atomic E-state index is 10.7. The van der Waals surface area contributed by atoms with E-state index < -0.39 is 11.9 Å². The number of aliphatic carboxylic acids is 2. The number of benzene rings is 1. The highest BCUT2D eigenvalue weighted by Gasteiger charge is 2.11. The van der Waals surface area contributed by atoms with Crippen molar-refractivity contribution in [3.63, 3.8) is 0 Å². The Balaban J connectivity index is 0.000000511. The van der Waals surface area contributed by atoms with Crippen molar-refractivity contribution in [2.24, 2.45) is 0 Å². The summed E-state index contributed by atoms with van der Waals surface area (Å²) in [5.41, 5.74) is 1.16. The van der Waals surface area contributed by atoms with Gasteiger partial charge in [-0.1, -0.05) is 36.9 Å². The van der Waals surface area contributed by atoms with Gasteiger partial charge in [0.2, 0.25) is 0 Å². The van der Waals surface area contributed by atoms with Gasteiger partial charge in [0.05, 0.1) is 12.7 Å². The molecule has 1 aromatic rings. The van der Waals surface area contributed by atoms with Crippen molar-refractivity contribution in [3.05, 3.63) is 53.6 Å². The van der Waals surface area contributed by atoms with Crippen molar-refractivity contribution >= 4 is 17.7 Å². The van der Waals surface area contributed by atoms with Crippen LogP contribution in [0.15, 0.2) is 48.1 Å². The number of rotatable bonds is 4. The fraction of sp³-hybridized carbons (Fsp3) is 0.200. The largest absolute Gasteiger partial charge is 0.496 e.